The van der Waals surface area contributed by atoms with Crippen molar-refractivity contribution in [3.63, 3.8) is 0 Å². The Morgan fingerprint density at radius 2 is 2.07 bits per heavy atom. The number of hydrogen-bond donors (Lipinski definition) is 1. The number of ketones is 1. The van der Waals surface area contributed by atoms with Crippen LogP contribution >= 0.6 is 11.3 Å². The molecule has 1 saturated carbocycles. The summed E-state index contributed by atoms with van der Waals surface area (Å²) in [6.07, 6.45) is 6.62. The molecule has 2 N–H and O–H groups in total. The van der Waals surface area contributed by atoms with Crippen LogP contribution in [0.25, 0.3) is 0 Å². The van der Waals surface area contributed by atoms with Gasteiger partial charge in [-0.2, -0.15) is 0 Å². The maximum Gasteiger partial charge on any atom is 0.186 e. The van der Waals surface area contributed by atoms with Gasteiger partial charge >= 0.3 is 0 Å². The molecule has 1 aromatic rings. The van der Waals surface area contributed by atoms with Crippen LogP contribution < -0.4 is 5.73 Å². The number of carbonyl (C=O) groups excluding carboxylic acids is 1. The molecule has 1 aromatic heterocycles. The normalized spacial score (nSPS) is 17.9. The molecule has 82 valence electrons. The second kappa shape index (κ2) is 4.90. The summed E-state index contributed by atoms with van der Waals surface area (Å²) in [5, 5.41) is 0. The van der Waals surface area contributed by atoms with Gasteiger partial charge < -0.3 is 5.73 Å². The smallest absolute Gasteiger partial charge is 0.186 e. The molecule has 1 aliphatic carbocycles. The fourth-order valence-electron chi connectivity index (χ4n) is 2.21. The van der Waals surface area contributed by atoms with E-state index in [0.29, 0.717) is 5.92 Å². The minimum Gasteiger partial charge on any atom is -0.324 e. The number of nitrogens with two attached hydrogens (primary N) is 1. The van der Waals surface area contributed by atoms with E-state index in [1.54, 1.807) is 11.3 Å². The maximum absolute atomic E-state index is 11.4. The SMILES string of the molecule is NCC(=O)c1ccc(C2CCCCC2)s1. The van der Waals surface area contributed by atoms with Crippen LogP contribution in [0.3, 0.4) is 0 Å². The fourth-order valence-corrected chi connectivity index (χ4v) is 3.34. The quantitative estimate of drug-likeness (QED) is 0.801. The fraction of sp³-hybridized carbons (Fsp3) is 0.583. The first kappa shape index (κ1) is 10.8. The third kappa shape index (κ3) is 2.47. The Hall–Kier alpha value is -0.670. The molecule has 0 radical (unpaired) electrons. The van der Waals surface area contributed by atoms with Gasteiger partial charge in [-0.3, -0.25) is 4.79 Å². The number of thiophene rings is 1. The lowest BCUT2D eigenvalue weighted by molar-refractivity contribution is 0.100. The molecule has 15 heavy (non-hydrogen) atoms. The Balaban J connectivity index is 2.08. The first-order valence-electron chi connectivity index (χ1n) is 5.64. The van der Waals surface area contributed by atoms with Gasteiger partial charge in [-0.05, 0) is 30.9 Å². The van der Waals surface area contributed by atoms with Gasteiger partial charge in [0.2, 0.25) is 0 Å². The molecule has 1 fully saturated rings. The Labute approximate surface area is 94.5 Å². The van der Waals surface area contributed by atoms with E-state index in [2.05, 4.69) is 6.07 Å². The Morgan fingerprint density at radius 1 is 1.33 bits per heavy atom. The highest BCUT2D eigenvalue weighted by atomic mass is 32.1. The molecule has 2 nitrogen and oxygen atoms in total. The highest BCUT2D eigenvalue weighted by Gasteiger charge is 2.18. The zero-order valence-electron chi connectivity index (χ0n) is 8.87. The number of rotatable bonds is 3. The lowest BCUT2D eigenvalue weighted by Crippen LogP contribution is -2.11. The van der Waals surface area contributed by atoms with Gasteiger partial charge in [-0.15, -0.1) is 11.3 Å². The summed E-state index contributed by atoms with van der Waals surface area (Å²) in [5.74, 6) is 0.769. The van der Waals surface area contributed by atoms with Crippen molar-refractivity contribution >= 4 is 17.1 Å². The van der Waals surface area contributed by atoms with E-state index in [4.69, 9.17) is 5.73 Å². The summed E-state index contributed by atoms with van der Waals surface area (Å²) in [4.78, 5) is 13.6. The molecule has 1 aliphatic rings. The summed E-state index contributed by atoms with van der Waals surface area (Å²) in [7, 11) is 0. The first-order chi connectivity index (χ1) is 7.31. The summed E-state index contributed by atoms with van der Waals surface area (Å²) >= 11 is 1.64. The van der Waals surface area contributed by atoms with Gasteiger partial charge in [0.15, 0.2) is 5.78 Å². The Kier molecular flexibility index (Phi) is 3.54. The lowest BCUT2D eigenvalue weighted by Gasteiger charge is -2.19. The molecule has 0 spiro atoms. The van der Waals surface area contributed by atoms with E-state index in [1.165, 1.54) is 37.0 Å². The number of hydrogen-bond acceptors (Lipinski definition) is 3. The molecular formula is C12H17NOS. The largest absolute Gasteiger partial charge is 0.324 e. The molecule has 0 saturated heterocycles. The van der Waals surface area contributed by atoms with Crippen molar-refractivity contribution in [1.29, 1.82) is 0 Å². The summed E-state index contributed by atoms with van der Waals surface area (Å²) < 4.78 is 0. The molecule has 0 unspecified atom stereocenters. The van der Waals surface area contributed by atoms with Crippen LogP contribution in [0.1, 0.15) is 52.6 Å². The van der Waals surface area contributed by atoms with Gasteiger partial charge in [-0.1, -0.05) is 19.3 Å². The molecule has 0 amide bonds. The van der Waals surface area contributed by atoms with Gasteiger partial charge in [0.25, 0.3) is 0 Å². The standard InChI is InChI=1S/C12H17NOS/c13-8-10(14)12-7-6-11(15-12)9-4-2-1-3-5-9/h6-7,9H,1-5,8,13H2. The molecule has 0 aromatic carbocycles. The molecule has 0 atom stereocenters. The van der Waals surface area contributed by atoms with Crippen LogP contribution in [-0.4, -0.2) is 12.3 Å². The van der Waals surface area contributed by atoms with Crippen LogP contribution in [0, 0.1) is 0 Å². The van der Waals surface area contributed by atoms with Crippen molar-refractivity contribution in [3.05, 3.63) is 21.9 Å². The monoisotopic (exact) mass is 223 g/mol. The second-order valence-electron chi connectivity index (χ2n) is 4.16. The molecule has 3 heteroatoms. The highest BCUT2D eigenvalue weighted by Crippen LogP contribution is 2.36. The average molecular weight is 223 g/mol. The molecular weight excluding hydrogens is 206 g/mol. The molecule has 2 rings (SSSR count). The molecule has 0 aliphatic heterocycles. The topological polar surface area (TPSA) is 43.1 Å². The van der Waals surface area contributed by atoms with Crippen molar-refractivity contribution in [2.45, 2.75) is 38.0 Å². The van der Waals surface area contributed by atoms with E-state index in [1.807, 2.05) is 6.07 Å². The van der Waals surface area contributed by atoms with Gasteiger partial charge in [0.1, 0.15) is 0 Å². The van der Waals surface area contributed by atoms with E-state index >= 15 is 0 Å². The van der Waals surface area contributed by atoms with Crippen molar-refractivity contribution in [1.82, 2.24) is 0 Å². The minimum absolute atomic E-state index is 0.0714. The van der Waals surface area contributed by atoms with Crippen LogP contribution in [0.5, 0.6) is 0 Å². The third-order valence-electron chi connectivity index (χ3n) is 3.09. The highest BCUT2D eigenvalue weighted by molar-refractivity contribution is 7.14. The number of carbonyl (C=O) groups is 1. The third-order valence-corrected chi connectivity index (χ3v) is 4.38. The van der Waals surface area contributed by atoms with E-state index in [0.717, 1.165) is 4.88 Å². The maximum atomic E-state index is 11.4. The van der Waals surface area contributed by atoms with E-state index < -0.39 is 0 Å². The van der Waals surface area contributed by atoms with Crippen molar-refractivity contribution in [2.75, 3.05) is 6.54 Å². The van der Waals surface area contributed by atoms with Gasteiger partial charge in [0, 0.05) is 4.88 Å². The zero-order valence-corrected chi connectivity index (χ0v) is 9.69. The van der Waals surface area contributed by atoms with Gasteiger partial charge in [0.05, 0.1) is 11.4 Å². The average Bonchev–Trinajstić information content (AvgIpc) is 2.78. The van der Waals surface area contributed by atoms with Crippen LogP contribution in [0.2, 0.25) is 0 Å². The zero-order chi connectivity index (χ0) is 10.7. The summed E-state index contributed by atoms with van der Waals surface area (Å²) in [6, 6.07) is 4.05. The predicted octanol–water partition coefficient (Wildman–Crippen LogP) is 2.94. The van der Waals surface area contributed by atoms with Crippen LogP contribution in [0.15, 0.2) is 12.1 Å². The van der Waals surface area contributed by atoms with E-state index in [-0.39, 0.29) is 12.3 Å². The van der Waals surface area contributed by atoms with Crippen LogP contribution in [-0.2, 0) is 0 Å². The Morgan fingerprint density at radius 3 is 2.73 bits per heavy atom. The van der Waals surface area contributed by atoms with Crippen molar-refractivity contribution in [3.8, 4) is 0 Å². The second-order valence-corrected chi connectivity index (χ2v) is 5.28. The molecule has 1 heterocycles. The Bertz CT molecular complexity index is 339. The number of Topliss-reactive ketones (excluding diaryl/α,β-unsaturated/α-hetero) is 1. The first-order valence-corrected chi connectivity index (χ1v) is 6.46. The molecule has 0 bridgehead atoms. The van der Waals surface area contributed by atoms with Gasteiger partial charge in [-0.25, -0.2) is 0 Å². The lowest BCUT2D eigenvalue weighted by atomic mass is 9.88. The van der Waals surface area contributed by atoms with E-state index in [9.17, 15) is 4.79 Å². The predicted molar refractivity (Wildman–Crippen MR) is 63.5 cm³/mol. The summed E-state index contributed by atoms with van der Waals surface area (Å²) in [6.45, 7) is 0.130. The van der Waals surface area contributed by atoms with Crippen molar-refractivity contribution in [2.24, 2.45) is 5.73 Å². The van der Waals surface area contributed by atoms with Crippen molar-refractivity contribution < 1.29 is 4.79 Å². The van der Waals surface area contributed by atoms with Crippen LogP contribution in [0.4, 0.5) is 0 Å². The minimum atomic E-state index is 0.0714. The summed E-state index contributed by atoms with van der Waals surface area (Å²) in [5.41, 5.74) is 5.35.